The maximum absolute atomic E-state index is 12.3. The van der Waals surface area contributed by atoms with Gasteiger partial charge in [0, 0.05) is 10.0 Å². The summed E-state index contributed by atoms with van der Waals surface area (Å²) < 4.78 is 12.9. The summed E-state index contributed by atoms with van der Waals surface area (Å²) in [6.07, 6.45) is 0.0406. The van der Waals surface area contributed by atoms with E-state index in [1.165, 1.54) is 0 Å². The molecule has 3 rings (SSSR count). The molecule has 0 radical (unpaired) electrons. The monoisotopic (exact) mass is 593 g/mol. The Morgan fingerprint density at radius 3 is 2.42 bits per heavy atom. The van der Waals surface area contributed by atoms with E-state index >= 15 is 0 Å². The molecule has 0 unspecified atom stereocenters. The molecule has 0 saturated carbocycles. The zero-order chi connectivity index (χ0) is 24.0. The van der Waals surface area contributed by atoms with Crippen molar-refractivity contribution in [2.24, 2.45) is 0 Å². The molecule has 0 heterocycles. The van der Waals surface area contributed by atoms with Crippen molar-refractivity contribution in [3.05, 3.63) is 69.1 Å². The summed E-state index contributed by atoms with van der Waals surface area (Å²) in [6, 6.07) is 16.2. The molecule has 3 aromatic carbocycles. The van der Waals surface area contributed by atoms with Crippen molar-refractivity contribution in [2.75, 3.05) is 6.61 Å². The van der Waals surface area contributed by atoms with Crippen molar-refractivity contribution in [1.29, 1.82) is 0 Å². The van der Waals surface area contributed by atoms with Crippen LogP contribution in [0.1, 0.15) is 24.2 Å². The van der Waals surface area contributed by atoms with Gasteiger partial charge in [0.15, 0.2) is 11.7 Å². The van der Waals surface area contributed by atoms with Gasteiger partial charge in [0.2, 0.25) is 0 Å². The van der Waals surface area contributed by atoms with Crippen molar-refractivity contribution in [3.63, 3.8) is 0 Å². The number of amides is 2. The van der Waals surface area contributed by atoms with E-state index < -0.39 is 11.8 Å². The average molecular weight is 595 g/mol. The molecule has 0 aliphatic carbocycles. The molecule has 0 atom stereocenters. The SMILES string of the molecule is CC(C)Oc1ccc(C(=O)NC(=S)NNC(=O)COc2ccc3cc(Br)ccc3c2Br)cc1. The van der Waals surface area contributed by atoms with Crippen LogP contribution in [0.25, 0.3) is 10.8 Å². The molecule has 3 aromatic rings. The van der Waals surface area contributed by atoms with Crippen molar-refractivity contribution in [3.8, 4) is 11.5 Å². The Labute approximate surface area is 213 Å². The van der Waals surface area contributed by atoms with E-state index in [0.29, 0.717) is 17.1 Å². The lowest BCUT2D eigenvalue weighted by molar-refractivity contribution is -0.123. The van der Waals surface area contributed by atoms with Crippen LogP contribution in [-0.2, 0) is 4.79 Å². The van der Waals surface area contributed by atoms with Gasteiger partial charge in [-0.15, -0.1) is 0 Å². The van der Waals surface area contributed by atoms with Gasteiger partial charge in [-0.1, -0.05) is 28.1 Å². The Morgan fingerprint density at radius 2 is 1.73 bits per heavy atom. The Bertz CT molecular complexity index is 1190. The first-order chi connectivity index (χ1) is 15.7. The van der Waals surface area contributed by atoms with Gasteiger partial charge in [-0.3, -0.25) is 25.8 Å². The molecule has 0 aliphatic rings. The number of ether oxygens (including phenoxy) is 2. The average Bonchev–Trinajstić information content (AvgIpc) is 2.77. The fraction of sp³-hybridized carbons (Fsp3) is 0.174. The molecule has 172 valence electrons. The van der Waals surface area contributed by atoms with Crippen LogP contribution in [0.2, 0.25) is 0 Å². The van der Waals surface area contributed by atoms with Gasteiger partial charge in [-0.2, -0.15) is 0 Å². The summed E-state index contributed by atoms with van der Waals surface area (Å²) >= 11 is 12.0. The molecule has 0 bridgehead atoms. The topological polar surface area (TPSA) is 88.7 Å². The van der Waals surface area contributed by atoms with E-state index in [0.717, 1.165) is 19.7 Å². The Morgan fingerprint density at radius 1 is 1.00 bits per heavy atom. The third-order valence-corrected chi connectivity index (χ3v) is 5.79. The van der Waals surface area contributed by atoms with Crippen LogP contribution in [0.3, 0.4) is 0 Å². The van der Waals surface area contributed by atoms with Gasteiger partial charge < -0.3 is 9.47 Å². The highest BCUT2D eigenvalue weighted by Gasteiger charge is 2.11. The van der Waals surface area contributed by atoms with E-state index in [1.54, 1.807) is 30.3 Å². The van der Waals surface area contributed by atoms with Crippen LogP contribution in [0.4, 0.5) is 0 Å². The molecule has 33 heavy (non-hydrogen) atoms. The normalized spacial score (nSPS) is 10.6. The summed E-state index contributed by atoms with van der Waals surface area (Å²) in [7, 11) is 0. The van der Waals surface area contributed by atoms with Gasteiger partial charge >= 0.3 is 0 Å². The third kappa shape index (κ3) is 7.15. The fourth-order valence-electron chi connectivity index (χ4n) is 2.82. The number of halogens is 2. The minimum Gasteiger partial charge on any atom is -0.491 e. The second kappa shape index (κ2) is 11.4. The van der Waals surface area contributed by atoms with E-state index in [9.17, 15) is 9.59 Å². The summed E-state index contributed by atoms with van der Waals surface area (Å²) in [4.78, 5) is 24.4. The molecule has 0 spiro atoms. The lowest BCUT2D eigenvalue weighted by Crippen LogP contribution is -2.49. The maximum Gasteiger partial charge on any atom is 0.276 e. The molecule has 0 saturated heterocycles. The van der Waals surface area contributed by atoms with Crippen LogP contribution in [0.5, 0.6) is 11.5 Å². The minimum atomic E-state index is -0.468. The van der Waals surface area contributed by atoms with Gasteiger partial charge in [0.05, 0.1) is 10.6 Å². The lowest BCUT2D eigenvalue weighted by Gasteiger charge is -2.13. The van der Waals surface area contributed by atoms with Crippen molar-refractivity contribution >= 4 is 71.8 Å². The molecule has 2 amide bonds. The van der Waals surface area contributed by atoms with E-state index in [-0.39, 0.29) is 17.8 Å². The van der Waals surface area contributed by atoms with E-state index in [2.05, 4.69) is 48.0 Å². The number of benzene rings is 3. The van der Waals surface area contributed by atoms with Gasteiger partial charge in [-0.25, -0.2) is 0 Å². The predicted octanol–water partition coefficient (Wildman–Crippen LogP) is 4.87. The fourth-order valence-corrected chi connectivity index (χ4v) is 3.95. The second-order valence-electron chi connectivity index (χ2n) is 7.18. The number of thiocarbonyl (C=S) groups is 1. The van der Waals surface area contributed by atoms with Crippen molar-refractivity contribution in [2.45, 2.75) is 20.0 Å². The van der Waals surface area contributed by atoms with E-state index in [4.69, 9.17) is 21.7 Å². The first-order valence-corrected chi connectivity index (χ1v) is 11.9. The predicted molar refractivity (Wildman–Crippen MR) is 138 cm³/mol. The van der Waals surface area contributed by atoms with E-state index in [1.807, 2.05) is 38.1 Å². The van der Waals surface area contributed by atoms with Gasteiger partial charge in [-0.05, 0) is 95.2 Å². The smallest absolute Gasteiger partial charge is 0.276 e. The molecule has 0 fully saturated rings. The molecule has 10 heteroatoms. The summed E-state index contributed by atoms with van der Waals surface area (Å²) in [5.74, 6) is 0.312. The molecule has 0 aliphatic heterocycles. The number of nitrogens with one attached hydrogen (secondary N) is 3. The Hall–Kier alpha value is -2.69. The number of fused-ring (bicyclic) bond motifs is 1. The third-order valence-electron chi connectivity index (χ3n) is 4.27. The highest BCUT2D eigenvalue weighted by atomic mass is 79.9. The lowest BCUT2D eigenvalue weighted by atomic mass is 10.1. The number of hydrazine groups is 1. The number of hydrogen-bond acceptors (Lipinski definition) is 5. The summed E-state index contributed by atoms with van der Waals surface area (Å²) in [6.45, 7) is 3.59. The molecular weight excluding hydrogens is 574 g/mol. The van der Waals surface area contributed by atoms with Crippen molar-refractivity contribution in [1.82, 2.24) is 16.2 Å². The number of carbonyl (C=O) groups is 2. The Kier molecular flexibility index (Phi) is 8.65. The number of carbonyl (C=O) groups excluding carboxylic acids is 2. The molecule has 0 aromatic heterocycles. The van der Waals surface area contributed by atoms with Crippen LogP contribution in [-0.4, -0.2) is 29.6 Å². The summed E-state index contributed by atoms with van der Waals surface area (Å²) in [5, 5.41) is 4.43. The van der Waals surface area contributed by atoms with Gasteiger partial charge in [0.25, 0.3) is 11.8 Å². The van der Waals surface area contributed by atoms with Crippen LogP contribution in [0, 0.1) is 0 Å². The maximum atomic E-state index is 12.3. The standard InChI is InChI=1S/C23H21Br2N3O4S/c1-13(2)32-17-7-3-14(4-8-17)22(30)26-23(33)28-27-20(29)12-31-19-10-5-15-11-16(24)6-9-18(15)21(19)25/h3-11,13H,12H2,1-2H3,(H,27,29)(H2,26,28,30,33). The van der Waals surface area contributed by atoms with Gasteiger partial charge in [0.1, 0.15) is 11.5 Å². The zero-order valence-electron chi connectivity index (χ0n) is 17.8. The molecule has 3 N–H and O–H groups in total. The number of hydrogen-bond donors (Lipinski definition) is 3. The highest BCUT2D eigenvalue weighted by molar-refractivity contribution is 9.11. The molecular formula is C23H21Br2N3O4S. The first-order valence-electron chi connectivity index (χ1n) is 9.90. The van der Waals surface area contributed by atoms with Crippen LogP contribution < -0.4 is 25.6 Å². The quantitative estimate of drug-likeness (QED) is 0.279. The number of rotatable bonds is 6. The zero-order valence-corrected chi connectivity index (χ0v) is 21.8. The highest BCUT2D eigenvalue weighted by Crippen LogP contribution is 2.34. The molecule has 7 nitrogen and oxygen atoms in total. The summed E-state index contributed by atoms with van der Waals surface area (Å²) in [5.41, 5.74) is 5.28. The van der Waals surface area contributed by atoms with Crippen molar-refractivity contribution < 1.29 is 19.1 Å². The first kappa shape index (κ1) is 24.9. The van der Waals surface area contributed by atoms with Crippen LogP contribution in [0.15, 0.2) is 63.5 Å². The largest absolute Gasteiger partial charge is 0.491 e. The Balaban J connectivity index is 1.46. The second-order valence-corrected chi connectivity index (χ2v) is 9.30. The minimum absolute atomic E-state index is 0.0406. The van der Waals surface area contributed by atoms with Crippen LogP contribution >= 0.6 is 44.1 Å².